The number of hydrogen-bond acceptors (Lipinski definition) is 4. The van der Waals surface area contributed by atoms with E-state index < -0.39 is 0 Å². The van der Waals surface area contributed by atoms with Gasteiger partial charge in [0, 0.05) is 5.69 Å². The fraction of sp³-hybridized carbons (Fsp3) is 0.333. The summed E-state index contributed by atoms with van der Waals surface area (Å²) in [6.07, 6.45) is 0.745. The van der Waals surface area contributed by atoms with Gasteiger partial charge in [-0.15, -0.1) is 0 Å². The minimum Gasteiger partial charge on any atom is -0.465 e. The van der Waals surface area contributed by atoms with Crippen molar-refractivity contribution in [3.8, 4) is 0 Å². The van der Waals surface area contributed by atoms with Crippen molar-refractivity contribution in [1.29, 1.82) is 0 Å². The minimum atomic E-state index is -0.385. The lowest BCUT2D eigenvalue weighted by molar-refractivity contribution is 0.0600. The second-order valence-corrected chi connectivity index (χ2v) is 2.62. The van der Waals surface area contributed by atoms with Gasteiger partial charge in [-0.2, -0.15) is 0 Å². The van der Waals surface area contributed by atoms with E-state index >= 15 is 0 Å². The van der Waals surface area contributed by atoms with Crippen molar-refractivity contribution >= 4 is 11.8 Å². The average Bonchev–Trinajstić information content (AvgIpc) is 2.15. The van der Waals surface area contributed by atoms with Crippen LogP contribution >= 0.6 is 0 Å². The van der Waals surface area contributed by atoms with Gasteiger partial charge < -0.3 is 10.5 Å². The molecule has 0 unspecified atom stereocenters. The Kier molecular flexibility index (Phi) is 2.84. The van der Waals surface area contributed by atoms with Crippen molar-refractivity contribution in [2.75, 3.05) is 12.8 Å². The van der Waals surface area contributed by atoms with Gasteiger partial charge in [-0.25, -0.2) is 9.78 Å². The molecule has 0 saturated heterocycles. The topological polar surface area (TPSA) is 65.2 Å². The molecule has 0 bridgehead atoms. The Morgan fingerprint density at radius 1 is 1.62 bits per heavy atom. The molecule has 70 valence electrons. The lowest BCUT2D eigenvalue weighted by Crippen LogP contribution is -2.05. The number of anilines is 1. The summed E-state index contributed by atoms with van der Waals surface area (Å²) < 4.78 is 4.57. The van der Waals surface area contributed by atoms with E-state index in [9.17, 15) is 4.79 Å². The maximum absolute atomic E-state index is 11.1. The summed E-state index contributed by atoms with van der Waals surface area (Å²) in [4.78, 5) is 15.2. The molecule has 13 heavy (non-hydrogen) atoms. The number of methoxy groups -OCH3 is 1. The van der Waals surface area contributed by atoms with Crippen LogP contribution in [0.15, 0.2) is 12.1 Å². The molecule has 0 aliphatic carbocycles. The maximum Gasteiger partial charge on any atom is 0.338 e. The number of rotatable bonds is 2. The largest absolute Gasteiger partial charge is 0.465 e. The van der Waals surface area contributed by atoms with Gasteiger partial charge in [0.1, 0.15) is 5.82 Å². The smallest absolute Gasteiger partial charge is 0.338 e. The highest BCUT2D eigenvalue weighted by Crippen LogP contribution is 2.09. The Bertz CT molecular complexity index is 323. The van der Waals surface area contributed by atoms with Gasteiger partial charge in [0.05, 0.1) is 12.7 Å². The summed E-state index contributed by atoms with van der Waals surface area (Å²) in [7, 11) is 1.34. The lowest BCUT2D eigenvalue weighted by atomic mass is 10.2. The second kappa shape index (κ2) is 3.89. The first-order valence-corrected chi connectivity index (χ1v) is 4.02. The van der Waals surface area contributed by atoms with Crippen LogP contribution in [0.2, 0.25) is 0 Å². The van der Waals surface area contributed by atoms with Crippen molar-refractivity contribution in [2.24, 2.45) is 0 Å². The highest BCUT2D eigenvalue weighted by molar-refractivity contribution is 5.90. The summed E-state index contributed by atoms with van der Waals surface area (Å²) >= 11 is 0. The molecule has 4 nitrogen and oxygen atoms in total. The van der Waals surface area contributed by atoms with Crippen LogP contribution in [-0.2, 0) is 11.2 Å². The predicted molar refractivity (Wildman–Crippen MR) is 49.4 cm³/mol. The second-order valence-electron chi connectivity index (χ2n) is 2.62. The molecule has 0 aliphatic heterocycles. The van der Waals surface area contributed by atoms with E-state index in [4.69, 9.17) is 5.73 Å². The maximum atomic E-state index is 11.1. The molecule has 1 heterocycles. The van der Waals surface area contributed by atoms with Crippen molar-refractivity contribution in [2.45, 2.75) is 13.3 Å². The molecule has 0 radical (unpaired) electrons. The van der Waals surface area contributed by atoms with Gasteiger partial charge in [-0.05, 0) is 18.6 Å². The van der Waals surface area contributed by atoms with Crippen LogP contribution in [0, 0.1) is 0 Å². The number of pyridine rings is 1. The zero-order valence-electron chi connectivity index (χ0n) is 7.70. The summed E-state index contributed by atoms with van der Waals surface area (Å²) in [5.74, 6) is -0.0384. The third-order valence-corrected chi connectivity index (χ3v) is 1.68. The Morgan fingerprint density at radius 3 is 2.85 bits per heavy atom. The molecule has 0 aliphatic rings. The predicted octanol–water partition coefficient (Wildman–Crippen LogP) is 1.01. The Hall–Kier alpha value is -1.58. The van der Waals surface area contributed by atoms with Crippen molar-refractivity contribution in [3.05, 3.63) is 23.4 Å². The number of nitrogen functional groups attached to an aromatic ring is 1. The van der Waals surface area contributed by atoms with Crippen molar-refractivity contribution < 1.29 is 9.53 Å². The average molecular weight is 180 g/mol. The van der Waals surface area contributed by atoms with E-state index in [-0.39, 0.29) is 5.97 Å². The number of esters is 1. The molecule has 4 heteroatoms. The van der Waals surface area contributed by atoms with E-state index in [2.05, 4.69) is 9.72 Å². The van der Waals surface area contributed by atoms with Gasteiger partial charge >= 0.3 is 5.97 Å². The minimum absolute atomic E-state index is 0.347. The van der Waals surface area contributed by atoms with Gasteiger partial charge in [-0.3, -0.25) is 0 Å². The van der Waals surface area contributed by atoms with Crippen LogP contribution in [0.4, 0.5) is 5.82 Å². The van der Waals surface area contributed by atoms with Crippen LogP contribution < -0.4 is 5.73 Å². The Balaban J connectivity index is 3.08. The van der Waals surface area contributed by atoms with Crippen LogP contribution in [0.3, 0.4) is 0 Å². The first-order valence-electron chi connectivity index (χ1n) is 4.02. The summed E-state index contributed by atoms with van der Waals surface area (Å²) in [6, 6.07) is 3.19. The van der Waals surface area contributed by atoms with E-state index in [0.717, 1.165) is 12.1 Å². The molecule has 0 atom stereocenters. The Labute approximate surface area is 76.7 Å². The molecule has 0 fully saturated rings. The number of aryl methyl sites for hydroxylation is 1. The van der Waals surface area contributed by atoms with Gasteiger partial charge in [0.15, 0.2) is 0 Å². The van der Waals surface area contributed by atoms with Crippen LogP contribution in [0.1, 0.15) is 23.0 Å². The zero-order valence-corrected chi connectivity index (χ0v) is 7.70. The standard InChI is InChI=1S/C9H12N2O2/c1-3-7-4-6(9(12)13-2)5-8(10)11-7/h4-5H,3H2,1-2H3,(H2,10,11). The summed E-state index contributed by atoms with van der Waals surface area (Å²) in [5.41, 5.74) is 6.75. The molecular weight excluding hydrogens is 168 g/mol. The molecule has 0 saturated carbocycles. The molecule has 1 rings (SSSR count). The number of carbonyl (C=O) groups excluding carboxylic acids is 1. The van der Waals surface area contributed by atoms with Gasteiger partial charge in [0.25, 0.3) is 0 Å². The normalized spacial score (nSPS) is 9.69. The quantitative estimate of drug-likeness (QED) is 0.690. The summed E-state index contributed by atoms with van der Waals surface area (Å²) in [6.45, 7) is 1.95. The fourth-order valence-corrected chi connectivity index (χ4v) is 1.03. The van der Waals surface area contributed by atoms with Crippen LogP contribution in [-0.4, -0.2) is 18.1 Å². The molecule has 0 spiro atoms. The molecular formula is C9H12N2O2. The number of hydrogen-bond donors (Lipinski definition) is 1. The number of carbonyl (C=O) groups is 1. The third-order valence-electron chi connectivity index (χ3n) is 1.68. The van der Waals surface area contributed by atoms with Crippen LogP contribution in [0.5, 0.6) is 0 Å². The van der Waals surface area contributed by atoms with Crippen molar-refractivity contribution in [1.82, 2.24) is 4.98 Å². The molecule has 0 amide bonds. The zero-order chi connectivity index (χ0) is 9.84. The van der Waals surface area contributed by atoms with E-state index in [1.807, 2.05) is 6.92 Å². The number of nitrogens with zero attached hydrogens (tertiary/aromatic N) is 1. The SMILES string of the molecule is CCc1cc(C(=O)OC)cc(N)n1. The highest BCUT2D eigenvalue weighted by atomic mass is 16.5. The monoisotopic (exact) mass is 180 g/mol. The lowest BCUT2D eigenvalue weighted by Gasteiger charge is -2.02. The highest BCUT2D eigenvalue weighted by Gasteiger charge is 2.07. The van der Waals surface area contributed by atoms with Gasteiger partial charge in [-0.1, -0.05) is 6.92 Å². The number of nitrogens with two attached hydrogens (primary N) is 1. The van der Waals surface area contributed by atoms with E-state index in [1.54, 1.807) is 6.07 Å². The summed E-state index contributed by atoms with van der Waals surface area (Å²) in [5, 5.41) is 0. The third kappa shape index (κ3) is 2.18. The first kappa shape index (κ1) is 9.51. The number of ether oxygens (including phenoxy) is 1. The van der Waals surface area contributed by atoms with Crippen molar-refractivity contribution in [3.63, 3.8) is 0 Å². The number of aromatic nitrogens is 1. The molecule has 2 N–H and O–H groups in total. The molecule has 0 aromatic carbocycles. The Morgan fingerprint density at radius 2 is 2.31 bits per heavy atom. The molecule has 1 aromatic heterocycles. The molecule has 1 aromatic rings. The van der Waals surface area contributed by atoms with E-state index in [1.165, 1.54) is 13.2 Å². The first-order chi connectivity index (χ1) is 6.17. The van der Waals surface area contributed by atoms with Gasteiger partial charge in [0.2, 0.25) is 0 Å². The van der Waals surface area contributed by atoms with E-state index in [0.29, 0.717) is 11.4 Å². The fourth-order valence-electron chi connectivity index (χ4n) is 1.03. The van der Waals surface area contributed by atoms with Crippen LogP contribution in [0.25, 0.3) is 0 Å².